The smallest absolute Gasteiger partial charge is 0.309 e. The van der Waals surface area contributed by atoms with Crippen LogP contribution in [-0.2, 0) is 19.1 Å². The van der Waals surface area contributed by atoms with Gasteiger partial charge >= 0.3 is 5.97 Å². The lowest BCUT2D eigenvalue weighted by atomic mass is 9.82. The maximum atomic E-state index is 13.4. The zero-order valence-corrected chi connectivity index (χ0v) is 21.4. The minimum Gasteiger partial charge on any atom is -0.497 e. The summed E-state index contributed by atoms with van der Waals surface area (Å²) in [5.74, 6) is -0.265. The molecule has 10 nitrogen and oxygen atoms in total. The van der Waals surface area contributed by atoms with Crippen molar-refractivity contribution in [1.29, 1.82) is 0 Å². The van der Waals surface area contributed by atoms with Gasteiger partial charge in [-0.2, -0.15) is 0 Å². The molecule has 1 amide bonds. The van der Waals surface area contributed by atoms with Crippen molar-refractivity contribution in [3.63, 3.8) is 0 Å². The molecule has 0 aliphatic carbocycles. The Morgan fingerprint density at radius 3 is 2.24 bits per heavy atom. The van der Waals surface area contributed by atoms with E-state index in [0.717, 1.165) is 11.1 Å². The molecule has 37 heavy (non-hydrogen) atoms. The van der Waals surface area contributed by atoms with E-state index in [1.54, 1.807) is 26.2 Å². The molecule has 1 unspecified atom stereocenters. The lowest BCUT2D eigenvalue weighted by Crippen LogP contribution is -2.43. The number of methoxy groups -OCH3 is 3. The number of carbonyl (C=O) groups excluding carboxylic acids is 1. The van der Waals surface area contributed by atoms with Gasteiger partial charge in [-0.15, -0.1) is 0 Å². The summed E-state index contributed by atoms with van der Waals surface area (Å²) >= 11 is 0. The predicted molar refractivity (Wildman–Crippen MR) is 134 cm³/mol. The van der Waals surface area contributed by atoms with Gasteiger partial charge in [-0.1, -0.05) is 18.2 Å². The van der Waals surface area contributed by atoms with Gasteiger partial charge in [-0.25, -0.2) is 0 Å². The summed E-state index contributed by atoms with van der Waals surface area (Å²) in [6.45, 7) is 2.24. The van der Waals surface area contributed by atoms with Crippen LogP contribution in [0.1, 0.15) is 23.1 Å². The number of aliphatic carboxylic acids is 1. The van der Waals surface area contributed by atoms with Gasteiger partial charge < -0.3 is 33.7 Å². The number of rotatable bonds is 12. The Balaban J connectivity index is 1.67. The van der Waals surface area contributed by atoms with Crippen LogP contribution in [0.25, 0.3) is 0 Å². The third kappa shape index (κ3) is 5.98. The lowest BCUT2D eigenvalue weighted by molar-refractivity contribution is -0.144. The Morgan fingerprint density at radius 2 is 1.62 bits per heavy atom. The number of carboxylic acids is 1. The maximum absolute atomic E-state index is 13.4. The number of fused-ring (bicyclic) bond motifs is 1. The Hall–Kier alpha value is -3.34. The number of ether oxygens (including phenoxy) is 5. The molecule has 0 radical (unpaired) electrons. The molecule has 2 aliphatic heterocycles. The van der Waals surface area contributed by atoms with Gasteiger partial charge in [-0.05, 0) is 35.4 Å². The number of nitrogens with zero attached hydrogens (tertiary/aromatic N) is 2. The van der Waals surface area contributed by atoms with Gasteiger partial charge in [0.1, 0.15) is 5.75 Å². The number of amides is 1. The zero-order valence-electron chi connectivity index (χ0n) is 21.4. The molecular formula is C27H34N2O8. The first-order valence-electron chi connectivity index (χ1n) is 12.2. The van der Waals surface area contributed by atoms with Crippen molar-refractivity contribution in [1.82, 2.24) is 9.80 Å². The van der Waals surface area contributed by atoms with Gasteiger partial charge in [0, 0.05) is 45.8 Å². The molecule has 200 valence electrons. The van der Waals surface area contributed by atoms with Gasteiger partial charge in [0.2, 0.25) is 12.7 Å². The quantitative estimate of drug-likeness (QED) is 0.457. The second-order valence-electron chi connectivity index (χ2n) is 9.10. The van der Waals surface area contributed by atoms with Crippen LogP contribution >= 0.6 is 0 Å². The summed E-state index contributed by atoms with van der Waals surface area (Å²) in [5, 5.41) is 10.4. The highest BCUT2D eigenvalue weighted by Gasteiger charge is 2.48. The summed E-state index contributed by atoms with van der Waals surface area (Å²) in [4.78, 5) is 29.8. The molecule has 0 saturated carbocycles. The van der Waals surface area contributed by atoms with Crippen LogP contribution in [0.15, 0.2) is 42.5 Å². The number of benzene rings is 2. The van der Waals surface area contributed by atoms with E-state index in [9.17, 15) is 14.7 Å². The van der Waals surface area contributed by atoms with Crippen molar-refractivity contribution in [2.45, 2.75) is 12.0 Å². The highest BCUT2D eigenvalue weighted by molar-refractivity contribution is 5.79. The Labute approximate surface area is 216 Å². The third-order valence-corrected chi connectivity index (χ3v) is 6.99. The molecule has 2 heterocycles. The van der Waals surface area contributed by atoms with Crippen molar-refractivity contribution in [3.05, 3.63) is 53.6 Å². The third-order valence-electron chi connectivity index (χ3n) is 6.99. The van der Waals surface area contributed by atoms with Crippen LogP contribution in [0.5, 0.6) is 17.2 Å². The fraction of sp³-hybridized carbons (Fsp3) is 0.481. The van der Waals surface area contributed by atoms with E-state index in [1.165, 1.54) is 0 Å². The summed E-state index contributed by atoms with van der Waals surface area (Å²) in [5.41, 5.74) is 1.64. The first-order valence-corrected chi connectivity index (χ1v) is 12.2. The number of carbonyl (C=O) groups is 2. The average Bonchev–Trinajstić information content (AvgIpc) is 3.53. The van der Waals surface area contributed by atoms with Crippen LogP contribution in [0.2, 0.25) is 0 Å². The first-order chi connectivity index (χ1) is 18.0. The van der Waals surface area contributed by atoms with Gasteiger partial charge in [0.15, 0.2) is 11.5 Å². The summed E-state index contributed by atoms with van der Waals surface area (Å²) < 4.78 is 26.6. The van der Waals surface area contributed by atoms with Gasteiger partial charge in [-0.3, -0.25) is 14.5 Å². The number of hydrogen-bond donors (Lipinski definition) is 1. The fourth-order valence-corrected chi connectivity index (χ4v) is 5.11. The molecule has 10 heteroatoms. The summed E-state index contributed by atoms with van der Waals surface area (Å²) in [6, 6.07) is 12.4. The van der Waals surface area contributed by atoms with E-state index in [-0.39, 0.29) is 25.2 Å². The second kappa shape index (κ2) is 12.3. The number of carboxylic acid groups (broad SMARTS) is 1. The van der Waals surface area contributed by atoms with Crippen molar-refractivity contribution in [2.24, 2.45) is 5.92 Å². The van der Waals surface area contributed by atoms with Crippen molar-refractivity contribution >= 4 is 11.9 Å². The monoisotopic (exact) mass is 514 g/mol. The van der Waals surface area contributed by atoms with Crippen LogP contribution < -0.4 is 14.2 Å². The highest BCUT2D eigenvalue weighted by Crippen LogP contribution is 2.47. The normalized spacial score (nSPS) is 20.7. The summed E-state index contributed by atoms with van der Waals surface area (Å²) in [6.07, 6.45) is 0. The van der Waals surface area contributed by atoms with Crippen molar-refractivity contribution in [3.8, 4) is 17.2 Å². The second-order valence-corrected chi connectivity index (χ2v) is 9.10. The average molecular weight is 515 g/mol. The molecule has 2 aliphatic rings. The van der Waals surface area contributed by atoms with Crippen molar-refractivity contribution < 1.29 is 38.4 Å². The Bertz CT molecular complexity index is 1070. The molecule has 3 atom stereocenters. The van der Waals surface area contributed by atoms with Crippen LogP contribution in [0.4, 0.5) is 0 Å². The van der Waals surface area contributed by atoms with Crippen molar-refractivity contribution in [2.75, 3.05) is 67.5 Å². The zero-order chi connectivity index (χ0) is 26.4. The van der Waals surface area contributed by atoms with Gasteiger partial charge in [0.25, 0.3) is 0 Å². The van der Waals surface area contributed by atoms with Gasteiger partial charge in [0.05, 0.1) is 32.8 Å². The first kappa shape index (κ1) is 26.7. The maximum Gasteiger partial charge on any atom is 0.309 e. The van der Waals surface area contributed by atoms with E-state index in [1.807, 2.05) is 47.4 Å². The molecule has 1 saturated heterocycles. The van der Waals surface area contributed by atoms with E-state index in [4.69, 9.17) is 23.7 Å². The molecular weight excluding hydrogens is 480 g/mol. The standard InChI is InChI=1S/C27H34N2O8/c1-33-12-10-28(11-13-34-2)24(30)16-29-15-21(19-6-9-22-23(14-19)37-17-36-22)25(27(31)32)26(29)18-4-7-20(35-3)8-5-18/h4-9,14,21,25-26H,10-13,15-17H2,1-3H3,(H,31,32)/t21?,25-,26+/m0/s1. The van der Waals surface area contributed by atoms with E-state index in [2.05, 4.69) is 0 Å². The molecule has 1 N–H and O–H groups in total. The minimum atomic E-state index is -0.922. The minimum absolute atomic E-state index is 0.0644. The van der Waals surface area contributed by atoms with E-state index < -0.39 is 17.9 Å². The van der Waals surface area contributed by atoms with Crippen LogP contribution in [-0.4, -0.2) is 94.3 Å². The summed E-state index contributed by atoms with van der Waals surface area (Å²) in [7, 11) is 4.76. The molecule has 2 aromatic rings. The molecule has 1 fully saturated rings. The van der Waals surface area contributed by atoms with E-state index in [0.29, 0.717) is 50.1 Å². The molecule has 0 spiro atoms. The fourth-order valence-electron chi connectivity index (χ4n) is 5.11. The molecule has 4 rings (SSSR count). The van der Waals surface area contributed by atoms with Crippen LogP contribution in [0, 0.1) is 5.92 Å². The predicted octanol–water partition coefficient (Wildman–Crippen LogP) is 2.39. The molecule has 0 bridgehead atoms. The SMILES string of the molecule is COCCN(CCOC)C(=O)CN1CC(c2ccc3c(c2)OCO3)[C@H](C(=O)O)[C@H]1c1ccc(OC)cc1. The van der Waals surface area contributed by atoms with E-state index >= 15 is 0 Å². The Kier molecular flexibility index (Phi) is 8.86. The topological polar surface area (TPSA) is 107 Å². The molecule has 0 aromatic heterocycles. The number of likely N-dealkylation sites (tertiary alicyclic amines) is 1. The number of hydrogen-bond acceptors (Lipinski definition) is 8. The largest absolute Gasteiger partial charge is 0.497 e. The lowest BCUT2D eigenvalue weighted by Gasteiger charge is -2.30. The Morgan fingerprint density at radius 1 is 0.973 bits per heavy atom. The highest BCUT2D eigenvalue weighted by atomic mass is 16.7. The molecule has 2 aromatic carbocycles. The van der Waals surface area contributed by atoms with Crippen LogP contribution in [0.3, 0.4) is 0 Å².